The van der Waals surface area contributed by atoms with Crippen LogP contribution in [-0.2, 0) is 0 Å². The minimum atomic E-state index is -0.929. The Morgan fingerprint density at radius 3 is 2.52 bits per heavy atom. The van der Waals surface area contributed by atoms with Crippen molar-refractivity contribution in [2.75, 3.05) is 18.0 Å². The van der Waals surface area contributed by atoms with Gasteiger partial charge >= 0.3 is 5.97 Å². The highest BCUT2D eigenvalue weighted by atomic mass is 32.1. The molecule has 27 heavy (non-hydrogen) atoms. The minimum absolute atomic E-state index is 0.0322. The minimum Gasteiger partial charge on any atom is -0.478 e. The van der Waals surface area contributed by atoms with Gasteiger partial charge in [0, 0.05) is 24.7 Å². The van der Waals surface area contributed by atoms with Crippen molar-refractivity contribution < 1.29 is 14.7 Å². The van der Waals surface area contributed by atoms with Gasteiger partial charge in [-0.25, -0.2) is 9.78 Å². The number of hydrogen-bond acceptors (Lipinski definition) is 5. The Labute approximate surface area is 160 Å². The molecule has 3 aromatic rings. The number of carbonyl (C=O) groups excluding carboxylic acids is 1. The molecule has 2 aromatic carbocycles. The van der Waals surface area contributed by atoms with Gasteiger partial charge in [-0.15, -0.1) is 0 Å². The van der Waals surface area contributed by atoms with Crippen LogP contribution in [0.15, 0.2) is 48.5 Å². The number of nitrogens with zero attached hydrogens (tertiary/aromatic N) is 2. The molecule has 0 bridgehead atoms. The predicted octanol–water partition coefficient (Wildman–Crippen LogP) is 3.39. The number of anilines is 1. The van der Waals surface area contributed by atoms with Crippen molar-refractivity contribution >= 4 is 38.6 Å². The summed E-state index contributed by atoms with van der Waals surface area (Å²) >= 11 is 1.51. The largest absolute Gasteiger partial charge is 0.478 e. The molecule has 0 unspecified atom stereocenters. The van der Waals surface area contributed by atoms with Gasteiger partial charge in [0.2, 0.25) is 0 Å². The molecule has 4 rings (SSSR count). The average Bonchev–Trinajstić information content (AvgIpc) is 3.12. The fourth-order valence-electron chi connectivity index (χ4n) is 3.25. The van der Waals surface area contributed by atoms with Gasteiger partial charge in [-0.05, 0) is 43.2 Å². The number of thiazole rings is 1. The lowest BCUT2D eigenvalue weighted by molar-refractivity contribution is 0.0696. The summed E-state index contributed by atoms with van der Waals surface area (Å²) in [5, 5.41) is 13.1. The fourth-order valence-corrected chi connectivity index (χ4v) is 4.31. The van der Waals surface area contributed by atoms with Crippen LogP contribution in [0.4, 0.5) is 5.13 Å². The van der Waals surface area contributed by atoms with Crippen LogP contribution in [0.5, 0.6) is 0 Å². The summed E-state index contributed by atoms with van der Waals surface area (Å²) in [6.45, 7) is 1.62. The maximum absolute atomic E-state index is 12.3. The van der Waals surface area contributed by atoms with Crippen LogP contribution in [0.2, 0.25) is 0 Å². The van der Waals surface area contributed by atoms with Gasteiger partial charge < -0.3 is 15.3 Å². The molecule has 0 atom stereocenters. The lowest BCUT2D eigenvalue weighted by atomic mass is 10.0. The molecule has 0 aliphatic carbocycles. The number of fused-ring (bicyclic) bond motifs is 1. The van der Waals surface area contributed by atoms with Crippen molar-refractivity contribution in [2.24, 2.45) is 0 Å². The second-order valence-electron chi connectivity index (χ2n) is 6.58. The molecule has 0 radical (unpaired) electrons. The first kappa shape index (κ1) is 17.5. The normalized spacial score (nSPS) is 15.0. The lowest BCUT2D eigenvalue weighted by Gasteiger charge is -2.32. The molecule has 1 saturated heterocycles. The third kappa shape index (κ3) is 3.78. The molecule has 0 saturated carbocycles. The molecule has 1 aromatic heterocycles. The summed E-state index contributed by atoms with van der Waals surface area (Å²) in [6, 6.07) is 14.4. The number of rotatable bonds is 4. The Balaban J connectivity index is 1.39. The number of carbonyl (C=O) groups is 2. The summed E-state index contributed by atoms with van der Waals surface area (Å²) in [4.78, 5) is 30.2. The van der Waals surface area contributed by atoms with Crippen molar-refractivity contribution in [1.29, 1.82) is 0 Å². The molecule has 2 heterocycles. The van der Waals surface area contributed by atoms with E-state index in [1.54, 1.807) is 18.2 Å². The summed E-state index contributed by atoms with van der Waals surface area (Å²) in [6.07, 6.45) is 1.71. The quantitative estimate of drug-likeness (QED) is 0.724. The number of amides is 1. The molecule has 1 fully saturated rings. The number of aromatic carboxylic acids is 1. The van der Waals surface area contributed by atoms with Gasteiger partial charge in [0.1, 0.15) is 0 Å². The van der Waals surface area contributed by atoms with Gasteiger partial charge in [0.25, 0.3) is 5.91 Å². The highest BCUT2D eigenvalue weighted by Gasteiger charge is 2.23. The van der Waals surface area contributed by atoms with Crippen molar-refractivity contribution in [3.8, 4) is 0 Å². The number of carboxylic acid groups (broad SMARTS) is 1. The fraction of sp³-hybridized carbons (Fsp3) is 0.250. The Morgan fingerprint density at radius 1 is 1.07 bits per heavy atom. The zero-order valence-corrected chi connectivity index (χ0v) is 15.4. The topological polar surface area (TPSA) is 82.5 Å². The zero-order valence-electron chi connectivity index (χ0n) is 14.6. The molecular formula is C20H19N3O3S. The van der Waals surface area contributed by atoms with Crippen molar-refractivity contribution in [1.82, 2.24) is 10.3 Å². The molecule has 2 N–H and O–H groups in total. The molecule has 7 heteroatoms. The molecule has 1 amide bonds. The first-order valence-corrected chi connectivity index (χ1v) is 9.66. The highest BCUT2D eigenvalue weighted by molar-refractivity contribution is 7.22. The van der Waals surface area contributed by atoms with E-state index in [1.807, 2.05) is 30.3 Å². The summed E-state index contributed by atoms with van der Waals surface area (Å²) < 4.78 is 0.879. The number of hydrogen-bond donors (Lipinski definition) is 2. The number of nitrogens with one attached hydrogen (secondary N) is 1. The SMILES string of the molecule is O=C(O)c1ccc2nc(N3CCC(NC(=O)c4ccccc4)CC3)sc2c1. The summed E-state index contributed by atoms with van der Waals surface area (Å²) in [7, 11) is 0. The second-order valence-corrected chi connectivity index (χ2v) is 7.59. The van der Waals surface area contributed by atoms with E-state index in [2.05, 4.69) is 15.2 Å². The standard InChI is InChI=1S/C20H19N3O3S/c24-18(13-4-2-1-3-5-13)21-15-8-10-23(11-9-15)20-22-16-7-6-14(19(25)26)12-17(16)27-20/h1-7,12,15H,8-11H2,(H,21,24)(H,25,26). The lowest BCUT2D eigenvalue weighted by Crippen LogP contribution is -2.44. The Hall–Kier alpha value is -2.93. The Morgan fingerprint density at radius 2 is 1.81 bits per heavy atom. The van der Waals surface area contributed by atoms with Crippen LogP contribution in [-0.4, -0.2) is 41.1 Å². The number of piperidine rings is 1. The molecule has 0 spiro atoms. The van der Waals surface area contributed by atoms with E-state index < -0.39 is 5.97 Å². The first-order chi connectivity index (χ1) is 13.1. The van der Waals surface area contributed by atoms with E-state index in [9.17, 15) is 9.59 Å². The van der Waals surface area contributed by atoms with Gasteiger partial charge in [-0.1, -0.05) is 29.5 Å². The van der Waals surface area contributed by atoms with E-state index in [1.165, 1.54) is 11.3 Å². The van der Waals surface area contributed by atoms with E-state index in [4.69, 9.17) is 5.11 Å². The third-order valence-electron chi connectivity index (χ3n) is 4.76. The van der Waals surface area contributed by atoms with Gasteiger partial charge in [-0.2, -0.15) is 0 Å². The predicted molar refractivity (Wildman–Crippen MR) is 106 cm³/mol. The highest BCUT2D eigenvalue weighted by Crippen LogP contribution is 2.31. The Bertz CT molecular complexity index is 979. The van der Waals surface area contributed by atoms with Gasteiger partial charge in [0.15, 0.2) is 5.13 Å². The van der Waals surface area contributed by atoms with Crippen LogP contribution < -0.4 is 10.2 Å². The van der Waals surface area contributed by atoms with E-state index >= 15 is 0 Å². The number of benzene rings is 2. The smallest absolute Gasteiger partial charge is 0.335 e. The zero-order chi connectivity index (χ0) is 18.8. The van der Waals surface area contributed by atoms with E-state index in [-0.39, 0.29) is 17.5 Å². The van der Waals surface area contributed by atoms with Crippen molar-refractivity contribution in [3.63, 3.8) is 0 Å². The van der Waals surface area contributed by atoms with Crippen LogP contribution in [0.3, 0.4) is 0 Å². The maximum atomic E-state index is 12.3. The molecule has 1 aliphatic heterocycles. The summed E-state index contributed by atoms with van der Waals surface area (Å²) in [5.74, 6) is -0.961. The Kier molecular flexibility index (Phi) is 4.77. The van der Waals surface area contributed by atoms with Gasteiger partial charge in [0.05, 0.1) is 15.8 Å². The third-order valence-corrected chi connectivity index (χ3v) is 5.84. The maximum Gasteiger partial charge on any atom is 0.335 e. The molecular weight excluding hydrogens is 362 g/mol. The molecule has 138 valence electrons. The van der Waals surface area contributed by atoms with E-state index in [0.717, 1.165) is 41.3 Å². The molecule has 1 aliphatic rings. The number of aromatic nitrogens is 1. The average molecular weight is 381 g/mol. The van der Waals surface area contributed by atoms with E-state index in [0.29, 0.717) is 5.56 Å². The molecule has 6 nitrogen and oxygen atoms in total. The van der Waals surface area contributed by atoms with Gasteiger partial charge in [-0.3, -0.25) is 4.79 Å². The second kappa shape index (κ2) is 7.36. The van der Waals surface area contributed by atoms with Crippen LogP contribution in [0.1, 0.15) is 33.6 Å². The number of carboxylic acids is 1. The van der Waals surface area contributed by atoms with Crippen LogP contribution in [0, 0.1) is 0 Å². The van der Waals surface area contributed by atoms with Crippen molar-refractivity contribution in [2.45, 2.75) is 18.9 Å². The summed E-state index contributed by atoms with van der Waals surface area (Å²) in [5.41, 5.74) is 1.78. The van der Waals surface area contributed by atoms with Crippen LogP contribution in [0.25, 0.3) is 10.2 Å². The monoisotopic (exact) mass is 381 g/mol. The first-order valence-electron chi connectivity index (χ1n) is 8.85. The van der Waals surface area contributed by atoms with Crippen LogP contribution >= 0.6 is 11.3 Å². The van der Waals surface area contributed by atoms with Crippen molar-refractivity contribution in [3.05, 3.63) is 59.7 Å².